The number of nitrogens with one attached hydrogen (secondary N) is 1. The molecule has 1 rings (SSSR count). The summed E-state index contributed by atoms with van der Waals surface area (Å²) in [5, 5.41) is 5.46. The van der Waals surface area contributed by atoms with Crippen LogP contribution in [0.3, 0.4) is 0 Å². The van der Waals surface area contributed by atoms with Gasteiger partial charge in [0.2, 0.25) is 0 Å². The maximum atomic E-state index is 10.7. The molecule has 0 aliphatic carbocycles. The average molecular weight is 176 g/mol. The third-order valence-electron chi connectivity index (χ3n) is 0.961. The van der Waals surface area contributed by atoms with Gasteiger partial charge in [-0.05, 0) is 11.4 Å². The number of aryl methyl sites for hydroxylation is 1. The molecule has 1 heterocycles. The molecule has 1 aromatic rings. The summed E-state index contributed by atoms with van der Waals surface area (Å²) in [4.78, 5) is 10.7. The lowest BCUT2D eigenvalue weighted by Gasteiger charge is -1.83. The molecule has 60 valence electrons. The molecule has 0 fully saturated rings. The number of aromatic amines is 1. The minimum atomic E-state index is -2.64. The zero-order valence-corrected chi connectivity index (χ0v) is 6.29. The van der Waals surface area contributed by atoms with Crippen molar-refractivity contribution in [2.24, 2.45) is 4.47 Å². The molecule has 8 heteroatoms. The van der Waals surface area contributed by atoms with Gasteiger partial charge in [0, 0.05) is 0 Å². The molecule has 0 spiro atoms. The van der Waals surface area contributed by atoms with Crippen LogP contribution in [0.15, 0.2) is 9.27 Å². The Bertz CT molecular complexity index is 429. The Morgan fingerprint density at radius 2 is 2.27 bits per heavy atom. The second-order valence-electron chi connectivity index (χ2n) is 1.69. The molecule has 0 aromatic carbocycles. The van der Waals surface area contributed by atoms with Crippen molar-refractivity contribution in [2.75, 3.05) is 0 Å². The van der Waals surface area contributed by atoms with Gasteiger partial charge in [0.25, 0.3) is 0 Å². The lowest BCUT2D eigenvalue weighted by Crippen LogP contribution is -2.12. The van der Waals surface area contributed by atoms with Crippen molar-refractivity contribution in [3.05, 3.63) is 16.3 Å². The predicted octanol–water partition coefficient (Wildman–Crippen LogP) is -1.29. The molecule has 0 saturated carbocycles. The quantitative estimate of drug-likeness (QED) is 0.575. The van der Waals surface area contributed by atoms with Crippen LogP contribution in [0.1, 0.15) is 5.82 Å². The molecule has 0 aliphatic rings. The van der Waals surface area contributed by atoms with Crippen molar-refractivity contribution in [1.82, 2.24) is 14.9 Å². The van der Waals surface area contributed by atoms with Gasteiger partial charge in [-0.15, -0.1) is 4.68 Å². The normalized spacial score (nSPS) is 9.55. The summed E-state index contributed by atoms with van der Waals surface area (Å²) < 4.78 is 23.6. The summed E-state index contributed by atoms with van der Waals surface area (Å²) in [6, 6.07) is 0. The lowest BCUT2D eigenvalue weighted by atomic mass is 10.7. The van der Waals surface area contributed by atoms with E-state index < -0.39 is 16.2 Å². The fourth-order valence-electron chi connectivity index (χ4n) is 0.533. The van der Waals surface area contributed by atoms with Crippen molar-refractivity contribution in [2.45, 2.75) is 6.92 Å². The van der Waals surface area contributed by atoms with Gasteiger partial charge in [-0.1, -0.05) is 0 Å². The number of hydrogen-bond donors (Lipinski definition) is 1. The van der Waals surface area contributed by atoms with E-state index >= 15 is 0 Å². The zero-order chi connectivity index (χ0) is 8.43. The van der Waals surface area contributed by atoms with Crippen LogP contribution in [0.2, 0.25) is 0 Å². The van der Waals surface area contributed by atoms with Crippen LogP contribution in [-0.4, -0.2) is 23.3 Å². The van der Waals surface area contributed by atoms with E-state index in [2.05, 4.69) is 9.57 Å². The summed E-state index contributed by atoms with van der Waals surface area (Å²) in [7, 11) is -2.64. The van der Waals surface area contributed by atoms with Gasteiger partial charge >= 0.3 is 16.2 Å². The van der Waals surface area contributed by atoms with Crippen LogP contribution in [0.5, 0.6) is 0 Å². The summed E-state index contributed by atoms with van der Waals surface area (Å²) >= 11 is 0. The van der Waals surface area contributed by atoms with Crippen LogP contribution in [0.25, 0.3) is 0 Å². The zero-order valence-electron chi connectivity index (χ0n) is 5.47. The Hall–Kier alpha value is -1.44. The topological polar surface area (TPSA) is 97.2 Å². The highest BCUT2D eigenvalue weighted by Gasteiger charge is 2.00. The highest BCUT2D eigenvalue weighted by atomic mass is 32.2. The lowest BCUT2D eigenvalue weighted by molar-refractivity contribution is 0.614. The van der Waals surface area contributed by atoms with Gasteiger partial charge in [-0.2, -0.15) is 13.5 Å². The van der Waals surface area contributed by atoms with Gasteiger partial charge < -0.3 is 0 Å². The molecule has 0 amide bonds. The minimum absolute atomic E-state index is 0.194. The molecule has 0 bridgehead atoms. The first kappa shape index (κ1) is 7.66. The van der Waals surface area contributed by atoms with Gasteiger partial charge in [0.05, 0.1) is 0 Å². The van der Waals surface area contributed by atoms with E-state index in [4.69, 9.17) is 0 Å². The molecule has 1 N–H and O–H groups in total. The van der Waals surface area contributed by atoms with Gasteiger partial charge in [0.15, 0.2) is 5.82 Å². The monoisotopic (exact) mass is 176 g/mol. The van der Waals surface area contributed by atoms with E-state index in [1.54, 1.807) is 0 Å². The maximum Gasteiger partial charge on any atom is 0.365 e. The molecule has 1 aromatic heterocycles. The third-order valence-corrected chi connectivity index (χ3v) is 1.26. The van der Waals surface area contributed by atoms with Crippen LogP contribution < -0.4 is 5.69 Å². The molecule has 0 aliphatic heterocycles. The SMILES string of the molecule is Cc1n[nH]c(=O)n1N=S(=O)=O. The fraction of sp³-hybridized carbons (Fsp3) is 0.333. The maximum absolute atomic E-state index is 10.7. The van der Waals surface area contributed by atoms with Crippen LogP contribution in [0, 0.1) is 6.92 Å². The summed E-state index contributed by atoms with van der Waals surface area (Å²) in [6.45, 7) is 1.45. The number of rotatable bonds is 1. The van der Waals surface area contributed by atoms with Crippen molar-refractivity contribution in [1.29, 1.82) is 0 Å². The van der Waals surface area contributed by atoms with E-state index in [1.165, 1.54) is 6.92 Å². The molecule has 11 heavy (non-hydrogen) atoms. The standard InChI is InChI=1S/C3H4N4O3S/c1-2-4-5-3(8)7(2)6-11(9)10/h1H3,(H,5,8). The fourth-order valence-corrected chi connectivity index (χ4v) is 0.859. The van der Waals surface area contributed by atoms with Crippen LogP contribution in [-0.2, 0) is 10.5 Å². The van der Waals surface area contributed by atoms with E-state index in [0.717, 1.165) is 0 Å². The van der Waals surface area contributed by atoms with E-state index in [0.29, 0.717) is 4.68 Å². The van der Waals surface area contributed by atoms with E-state index in [-0.39, 0.29) is 5.82 Å². The van der Waals surface area contributed by atoms with Crippen molar-refractivity contribution >= 4 is 10.5 Å². The summed E-state index contributed by atoms with van der Waals surface area (Å²) in [6.07, 6.45) is 0. The van der Waals surface area contributed by atoms with E-state index in [1.807, 2.05) is 5.10 Å². The summed E-state index contributed by atoms with van der Waals surface area (Å²) in [5.41, 5.74) is -0.674. The minimum Gasteiger partial charge on any atom is -0.244 e. The van der Waals surface area contributed by atoms with E-state index in [9.17, 15) is 13.2 Å². The first-order chi connectivity index (χ1) is 5.11. The highest BCUT2D eigenvalue weighted by molar-refractivity contribution is 7.61. The summed E-state index contributed by atoms with van der Waals surface area (Å²) in [5.74, 6) is 0.194. The van der Waals surface area contributed by atoms with Crippen LogP contribution >= 0.6 is 0 Å². The molecule has 0 atom stereocenters. The molecule has 0 unspecified atom stereocenters. The number of aromatic nitrogens is 3. The van der Waals surface area contributed by atoms with Gasteiger partial charge in [-0.3, -0.25) is 0 Å². The number of hydrogen-bond acceptors (Lipinski definition) is 5. The largest absolute Gasteiger partial charge is 0.365 e. The third kappa shape index (κ3) is 1.52. The second-order valence-corrected chi connectivity index (χ2v) is 2.28. The number of nitrogens with zero attached hydrogens (tertiary/aromatic N) is 3. The van der Waals surface area contributed by atoms with Crippen molar-refractivity contribution < 1.29 is 8.42 Å². The van der Waals surface area contributed by atoms with Gasteiger partial charge in [-0.25, -0.2) is 9.89 Å². The number of H-pyrrole nitrogens is 1. The second kappa shape index (κ2) is 2.66. The Kier molecular flexibility index (Phi) is 1.85. The molecule has 0 saturated heterocycles. The Morgan fingerprint density at radius 1 is 1.64 bits per heavy atom. The first-order valence-electron chi connectivity index (χ1n) is 2.56. The Balaban J connectivity index is 3.45. The molecular weight excluding hydrogens is 172 g/mol. The van der Waals surface area contributed by atoms with Crippen molar-refractivity contribution in [3.63, 3.8) is 0 Å². The average Bonchev–Trinajstić information content (AvgIpc) is 2.18. The van der Waals surface area contributed by atoms with Crippen molar-refractivity contribution in [3.8, 4) is 0 Å². The smallest absolute Gasteiger partial charge is 0.244 e. The Morgan fingerprint density at radius 3 is 2.64 bits per heavy atom. The first-order valence-corrected chi connectivity index (χ1v) is 3.60. The highest BCUT2D eigenvalue weighted by Crippen LogP contribution is 1.83. The molecule has 0 radical (unpaired) electrons. The molecule has 7 nitrogen and oxygen atoms in total. The van der Waals surface area contributed by atoms with Crippen LogP contribution in [0.4, 0.5) is 0 Å². The Labute approximate surface area is 62.3 Å². The van der Waals surface area contributed by atoms with Gasteiger partial charge in [0.1, 0.15) is 0 Å². The predicted molar refractivity (Wildman–Crippen MR) is 34.3 cm³/mol. The molecular formula is C3H4N4O3S.